The molecule has 2 fully saturated rings. The van der Waals surface area contributed by atoms with Crippen LogP contribution in [-0.4, -0.2) is 97.9 Å². The van der Waals surface area contributed by atoms with Gasteiger partial charge in [-0.05, 0) is 51.5 Å². The molecule has 1 aromatic carbocycles. The molecule has 13 heteroatoms. The first-order valence-electron chi connectivity index (χ1n) is 15.9. The number of carbonyl (C=O) groups is 3. The van der Waals surface area contributed by atoms with Gasteiger partial charge >= 0.3 is 5.97 Å². The number of likely N-dealkylation sites (N-methyl/N-ethyl adjacent to an activating group) is 1. The van der Waals surface area contributed by atoms with Gasteiger partial charge in [-0.15, -0.1) is 0 Å². The number of fused-ring (bicyclic) bond motifs is 5. The van der Waals surface area contributed by atoms with Gasteiger partial charge in [-0.1, -0.05) is 42.3 Å². The molecule has 3 aliphatic rings. The van der Waals surface area contributed by atoms with Crippen LogP contribution in [0.5, 0.6) is 5.75 Å². The van der Waals surface area contributed by atoms with Crippen molar-refractivity contribution in [2.45, 2.75) is 95.7 Å². The molecular weight excluding hydrogens is 642 g/mol. The van der Waals surface area contributed by atoms with Gasteiger partial charge in [-0.25, -0.2) is 4.79 Å². The molecule has 3 aliphatic heterocycles. The Hall–Kier alpha value is -3.58. The minimum Gasteiger partial charge on any atom is -0.495 e. The molecule has 0 saturated carbocycles. The summed E-state index contributed by atoms with van der Waals surface area (Å²) in [6, 6.07) is 2.72. The lowest BCUT2D eigenvalue weighted by atomic mass is 9.83. The molecule has 2 amide bonds. The molecule has 3 heterocycles. The van der Waals surface area contributed by atoms with Crippen molar-refractivity contribution >= 4 is 35.1 Å². The smallest absolute Gasteiger partial charge is 0.328 e. The van der Waals surface area contributed by atoms with E-state index in [9.17, 15) is 19.5 Å². The number of anilines is 1. The second kappa shape index (κ2) is 14.5. The van der Waals surface area contributed by atoms with Crippen LogP contribution in [0, 0.1) is 5.92 Å². The first-order valence-corrected chi connectivity index (χ1v) is 16.3. The van der Waals surface area contributed by atoms with Gasteiger partial charge in [-0.2, -0.15) is 0 Å². The molecule has 2 N–H and O–H groups in total. The van der Waals surface area contributed by atoms with E-state index in [1.165, 1.54) is 38.0 Å². The zero-order valence-electron chi connectivity index (χ0n) is 29.2. The van der Waals surface area contributed by atoms with E-state index < -0.39 is 47.8 Å². The number of nitrogens with one attached hydrogen (secondary N) is 1. The average molecular weight is 690 g/mol. The Kier molecular flexibility index (Phi) is 11.2. The van der Waals surface area contributed by atoms with Crippen LogP contribution < -0.4 is 15.0 Å². The summed E-state index contributed by atoms with van der Waals surface area (Å²) in [6.45, 7) is 12.5. The number of nitrogens with zero attached hydrogens (tertiary/aromatic N) is 2. The molecule has 48 heavy (non-hydrogen) atoms. The van der Waals surface area contributed by atoms with Gasteiger partial charge < -0.3 is 43.9 Å². The van der Waals surface area contributed by atoms with Crippen molar-refractivity contribution in [1.29, 1.82) is 0 Å². The zero-order valence-corrected chi connectivity index (χ0v) is 29.9. The number of rotatable bonds is 5. The van der Waals surface area contributed by atoms with E-state index in [-0.39, 0.29) is 41.5 Å². The van der Waals surface area contributed by atoms with Crippen LogP contribution in [-0.2, 0) is 39.8 Å². The second-order valence-corrected chi connectivity index (χ2v) is 13.5. The number of esters is 1. The van der Waals surface area contributed by atoms with E-state index in [0.29, 0.717) is 17.9 Å². The minimum absolute atomic E-state index is 0.116. The van der Waals surface area contributed by atoms with E-state index in [1.807, 2.05) is 38.1 Å². The van der Waals surface area contributed by atoms with E-state index in [2.05, 4.69) is 11.9 Å². The highest BCUT2D eigenvalue weighted by atomic mass is 35.5. The molecule has 1 aromatic rings. The third-order valence-corrected chi connectivity index (χ3v) is 10.1. The maximum atomic E-state index is 14.0. The van der Waals surface area contributed by atoms with Gasteiger partial charge in [0, 0.05) is 40.5 Å². The number of halogens is 1. The van der Waals surface area contributed by atoms with Gasteiger partial charge in [0.2, 0.25) is 11.8 Å². The van der Waals surface area contributed by atoms with Crippen molar-refractivity contribution < 1.29 is 43.2 Å². The molecule has 7 unspecified atom stereocenters. The van der Waals surface area contributed by atoms with E-state index in [1.54, 1.807) is 27.0 Å². The summed E-state index contributed by atoms with van der Waals surface area (Å²) < 4.78 is 29.6. The number of amides is 2. The number of benzene rings is 1. The fourth-order valence-corrected chi connectivity index (χ4v) is 6.70. The lowest BCUT2D eigenvalue weighted by molar-refractivity contribution is -0.161. The Balaban J connectivity index is 1.80. The lowest BCUT2D eigenvalue weighted by Gasteiger charge is -2.44. The van der Waals surface area contributed by atoms with Crippen LogP contribution in [0.2, 0.25) is 5.02 Å². The predicted molar refractivity (Wildman–Crippen MR) is 180 cm³/mol. The van der Waals surface area contributed by atoms with Gasteiger partial charge in [-0.3, -0.25) is 9.59 Å². The van der Waals surface area contributed by atoms with Crippen LogP contribution in [0.25, 0.3) is 0 Å². The van der Waals surface area contributed by atoms with Crippen molar-refractivity contribution in [3.63, 3.8) is 0 Å². The number of methoxy groups -OCH3 is 2. The number of epoxide rings is 1. The number of ether oxygens (including phenoxy) is 5. The fraction of sp³-hybridized carbons (Fsp3) is 0.571. The summed E-state index contributed by atoms with van der Waals surface area (Å²) in [7, 11) is 6.12. The molecule has 0 aromatic heterocycles. The number of hydrogen-bond acceptors (Lipinski definition) is 10. The second-order valence-electron chi connectivity index (χ2n) is 13.2. The summed E-state index contributed by atoms with van der Waals surface area (Å²) in [6.07, 6.45) is 2.94. The topological polar surface area (TPSA) is 139 Å². The van der Waals surface area contributed by atoms with Crippen molar-refractivity contribution in [1.82, 2.24) is 10.2 Å². The Bertz CT molecular complexity index is 1500. The maximum absolute atomic E-state index is 14.0. The molecule has 12 nitrogen and oxygen atoms in total. The molecule has 4 bridgehead atoms. The third-order valence-electron chi connectivity index (χ3n) is 9.70. The van der Waals surface area contributed by atoms with Crippen molar-refractivity contribution in [3.05, 3.63) is 59.0 Å². The number of hydrogen-bond donors (Lipinski definition) is 2. The molecule has 264 valence electrons. The quantitative estimate of drug-likeness (QED) is 0.346. The summed E-state index contributed by atoms with van der Waals surface area (Å²) >= 11 is 6.73. The maximum Gasteiger partial charge on any atom is 0.328 e. The average Bonchev–Trinajstić information content (AvgIpc) is 3.73. The van der Waals surface area contributed by atoms with E-state index >= 15 is 0 Å². The van der Waals surface area contributed by atoms with Gasteiger partial charge in [0.15, 0.2) is 11.6 Å². The normalized spacial score (nSPS) is 33.2. The van der Waals surface area contributed by atoms with Crippen molar-refractivity contribution in [2.75, 3.05) is 33.2 Å². The van der Waals surface area contributed by atoms with Crippen molar-refractivity contribution in [2.24, 2.45) is 5.92 Å². The molecule has 8 atom stereocenters. The summed E-state index contributed by atoms with van der Waals surface area (Å²) in [4.78, 5) is 42.1. The van der Waals surface area contributed by atoms with Gasteiger partial charge in [0.1, 0.15) is 40.7 Å². The molecule has 0 spiro atoms. The minimum atomic E-state index is -1.56. The number of aliphatic hydroxyl groups is 1. The highest BCUT2D eigenvalue weighted by Crippen LogP contribution is 2.49. The first kappa shape index (κ1) is 37.2. The SMILES string of the molecule is C=C1NC2(O)CC(O1)C(C)C1OC1(C)C(OC(=O)[C@H](C)N(C)C(C)=O)CC(=O)N(C)c1cc(cc(OC)c1Cl)C/C(C)=C/C=C/C2OC. The Morgan fingerprint density at radius 3 is 2.60 bits per heavy atom. The van der Waals surface area contributed by atoms with Crippen LogP contribution in [0.4, 0.5) is 5.69 Å². The van der Waals surface area contributed by atoms with E-state index in [0.717, 1.165) is 11.1 Å². The molecule has 0 radical (unpaired) electrons. The molecule has 0 aliphatic carbocycles. The number of carbonyl (C=O) groups excluding carboxylic acids is 3. The zero-order chi connectivity index (χ0) is 35.7. The molecular formula is C35H48ClN3O9. The highest BCUT2D eigenvalue weighted by Gasteiger charge is 2.64. The molecule has 4 rings (SSSR count). The summed E-state index contributed by atoms with van der Waals surface area (Å²) in [5.74, 6) is -1.18. The van der Waals surface area contributed by atoms with Crippen LogP contribution in [0.3, 0.4) is 0 Å². The Labute approximate surface area is 287 Å². The fourth-order valence-electron chi connectivity index (χ4n) is 6.38. The summed E-state index contributed by atoms with van der Waals surface area (Å²) in [5, 5.41) is 15.0. The number of allylic oxidation sites excluding steroid dienone is 3. The largest absolute Gasteiger partial charge is 0.495 e. The molecule has 2 saturated heterocycles. The predicted octanol–water partition coefficient (Wildman–Crippen LogP) is 3.89. The summed E-state index contributed by atoms with van der Waals surface area (Å²) in [5.41, 5.74) is -0.430. The Morgan fingerprint density at radius 2 is 1.98 bits per heavy atom. The lowest BCUT2D eigenvalue weighted by Crippen LogP contribution is -2.60. The van der Waals surface area contributed by atoms with Gasteiger partial charge in [0.25, 0.3) is 0 Å². The highest BCUT2D eigenvalue weighted by molar-refractivity contribution is 6.35. The van der Waals surface area contributed by atoms with Crippen molar-refractivity contribution in [3.8, 4) is 5.75 Å². The van der Waals surface area contributed by atoms with Crippen LogP contribution in [0.15, 0.2) is 48.4 Å². The third kappa shape index (κ3) is 7.67. The standard InChI is InChI=1S/C35H48ClN3O9/c1-19-12-11-13-28(45-10)35(43)18-27(46-22(4)37-35)20(2)32-34(6,48-32)29(47-33(42)21(3)38(7)23(5)40)17-30(41)39(8)25-15-24(14-19)16-26(44-9)31(25)36/h11-13,15-16,20-21,27-29,32,37,43H,4,14,17-18H2,1-3,5-10H3/b13-11+,19-12+/t20?,21-,27?,28?,29?,32?,34?,35?/m0/s1. The van der Waals surface area contributed by atoms with Crippen LogP contribution in [0.1, 0.15) is 53.0 Å². The van der Waals surface area contributed by atoms with E-state index in [4.69, 9.17) is 35.3 Å². The Morgan fingerprint density at radius 1 is 1.29 bits per heavy atom. The van der Waals surface area contributed by atoms with Crippen LogP contribution >= 0.6 is 11.6 Å². The van der Waals surface area contributed by atoms with Gasteiger partial charge in [0.05, 0.1) is 25.3 Å². The first-order chi connectivity index (χ1) is 22.4. The monoisotopic (exact) mass is 689 g/mol.